The molecule has 4 atom stereocenters. The maximum absolute atomic E-state index is 14.7. The van der Waals surface area contributed by atoms with E-state index in [9.17, 15) is 29.1 Å². The van der Waals surface area contributed by atoms with E-state index in [2.05, 4.69) is 80.1 Å². The molecule has 2 aromatic carbocycles. The Morgan fingerprint density at radius 2 is 1.80 bits per heavy atom. The predicted molar refractivity (Wildman–Crippen MR) is 249 cm³/mol. The number of hydrazine groups is 1. The molecule has 0 spiro atoms. The van der Waals surface area contributed by atoms with Crippen molar-refractivity contribution in [1.29, 1.82) is 0 Å². The summed E-state index contributed by atoms with van der Waals surface area (Å²) < 4.78 is 8.29. The molecule has 2 aromatic heterocycles. The van der Waals surface area contributed by atoms with Crippen molar-refractivity contribution >= 4 is 40.5 Å². The average molecular weight is 886 g/mol. The average Bonchev–Trinajstić information content (AvgIpc) is 3.87. The molecular weight excluding hydrogens is 823 g/mol. The largest absolute Gasteiger partial charge is 0.508 e. The number of cyclic esters (lactones) is 1. The lowest BCUT2D eigenvalue weighted by Crippen LogP contribution is -2.62. The van der Waals surface area contributed by atoms with Crippen molar-refractivity contribution in [3.05, 3.63) is 71.5 Å². The number of aromatic hydroxyl groups is 1. The first-order valence-electron chi connectivity index (χ1n) is 22.8. The van der Waals surface area contributed by atoms with Gasteiger partial charge in [-0.15, -0.1) is 0 Å². The van der Waals surface area contributed by atoms with Gasteiger partial charge < -0.3 is 29.5 Å². The Kier molecular flexibility index (Phi) is 13.7. The number of nitrogens with zero attached hydrogens (tertiary/aromatic N) is 5. The van der Waals surface area contributed by atoms with E-state index >= 15 is 0 Å². The molecule has 14 heteroatoms. The molecule has 14 nitrogen and oxygen atoms in total. The number of phenols is 1. The SMILES string of the molecule is CC#CC(=O)N1CC[C@H](C(=O)N(C)[C@H](C(=O)N[C@H]2Cc3cc(O)cc(c3)-c3ccc4c(c3)c(c(-c3cccnc3C(C)C)n4C)CC(C)(C)COC(=O)[C@@H]3CCCN(N3)C2=O)C(C)C)C1. The molecule has 4 amide bonds. The summed E-state index contributed by atoms with van der Waals surface area (Å²) in [5, 5.41) is 16.7. The third-order valence-corrected chi connectivity index (χ3v) is 13.0. The molecular formula is C51H63N7O7. The van der Waals surface area contributed by atoms with Gasteiger partial charge >= 0.3 is 5.97 Å². The van der Waals surface area contributed by atoms with Crippen LogP contribution in [0.1, 0.15) is 90.5 Å². The second kappa shape index (κ2) is 19.1. The first-order chi connectivity index (χ1) is 30.9. The third kappa shape index (κ3) is 9.90. The predicted octanol–water partition coefficient (Wildman–Crippen LogP) is 5.74. The highest BCUT2D eigenvalue weighted by Crippen LogP contribution is 2.41. The van der Waals surface area contributed by atoms with E-state index in [-0.39, 0.29) is 55.5 Å². The van der Waals surface area contributed by atoms with Gasteiger partial charge in [0.2, 0.25) is 11.8 Å². The Morgan fingerprint density at radius 1 is 1.03 bits per heavy atom. The van der Waals surface area contributed by atoms with E-state index in [1.54, 1.807) is 31.0 Å². The van der Waals surface area contributed by atoms with Crippen LogP contribution < -0.4 is 10.7 Å². The number of amides is 4. The lowest BCUT2D eigenvalue weighted by molar-refractivity contribution is -0.155. The van der Waals surface area contributed by atoms with Gasteiger partial charge in [-0.25, -0.2) is 5.43 Å². The molecule has 0 radical (unpaired) electrons. The number of rotatable bonds is 7. The van der Waals surface area contributed by atoms with Gasteiger partial charge in [0.15, 0.2) is 0 Å². The summed E-state index contributed by atoms with van der Waals surface area (Å²) in [4.78, 5) is 77.3. The van der Waals surface area contributed by atoms with Gasteiger partial charge in [-0.05, 0) is 109 Å². The van der Waals surface area contributed by atoms with Gasteiger partial charge in [0, 0.05) is 68.2 Å². The molecule has 65 heavy (non-hydrogen) atoms. The number of aromatic nitrogens is 2. The van der Waals surface area contributed by atoms with Gasteiger partial charge in [0.05, 0.1) is 23.9 Å². The number of carbonyl (C=O) groups excluding carboxylic acids is 5. The molecule has 3 aliphatic heterocycles. The minimum absolute atomic E-state index is 0.00391. The maximum atomic E-state index is 14.7. The molecule has 7 rings (SSSR count). The summed E-state index contributed by atoms with van der Waals surface area (Å²) in [5.41, 5.74) is 9.92. The number of nitrogens with one attached hydrogen (secondary N) is 2. The molecule has 3 N–H and O–H groups in total. The summed E-state index contributed by atoms with van der Waals surface area (Å²) in [6.45, 7) is 14.7. The topological polar surface area (TPSA) is 166 Å². The minimum Gasteiger partial charge on any atom is -0.508 e. The summed E-state index contributed by atoms with van der Waals surface area (Å²) >= 11 is 0. The fourth-order valence-corrected chi connectivity index (χ4v) is 9.83. The van der Waals surface area contributed by atoms with Crippen LogP contribution in [-0.2, 0) is 48.6 Å². The van der Waals surface area contributed by atoms with Crippen molar-refractivity contribution in [2.45, 2.75) is 105 Å². The van der Waals surface area contributed by atoms with Crippen LogP contribution in [0.25, 0.3) is 33.3 Å². The Hall–Kier alpha value is -6.20. The number of pyridine rings is 1. The Morgan fingerprint density at radius 3 is 2.52 bits per heavy atom. The maximum Gasteiger partial charge on any atom is 0.324 e. The van der Waals surface area contributed by atoms with Crippen LogP contribution >= 0.6 is 0 Å². The number of aryl methyl sites for hydroxylation is 1. The number of carbonyl (C=O) groups is 5. The van der Waals surface area contributed by atoms with Crippen molar-refractivity contribution in [3.8, 4) is 40.0 Å². The number of esters is 1. The number of ether oxygens (including phenoxy) is 1. The molecule has 6 bridgehead atoms. The quantitative estimate of drug-likeness (QED) is 0.155. The fraction of sp³-hybridized carbons (Fsp3) is 0.490. The van der Waals surface area contributed by atoms with E-state index in [1.807, 2.05) is 38.2 Å². The molecule has 2 saturated heterocycles. The van der Waals surface area contributed by atoms with Gasteiger partial charge in [-0.1, -0.05) is 59.6 Å². The van der Waals surface area contributed by atoms with Crippen molar-refractivity contribution in [2.24, 2.45) is 24.3 Å². The van der Waals surface area contributed by atoms with Crippen molar-refractivity contribution < 1.29 is 33.8 Å². The highest BCUT2D eigenvalue weighted by atomic mass is 16.5. The molecule has 3 aliphatic rings. The summed E-state index contributed by atoms with van der Waals surface area (Å²) in [6, 6.07) is 12.6. The lowest BCUT2D eigenvalue weighted by Gasteiger charge is -2.37. The smallest absolute Gasteiger partial charge is 0.324 e. The van der Waals surface area contributed by atoms with Crippen LogP contribution in [-0.4, -0.2) is 110 Å². The minimum atomic E-state index is -1.16. The number of hydrogen-bond donors (Lipinski definition) is 3. The zero-order valence-electron chi connectivity index (χ0n) is 39.2. The van der Waals surface area contributed by atoms with Crippen molar-refractivity contribution in [1.82, 2.24) is 35.1 Å². The van der Waals surface area contributed by atoms with Gasteiger partial charge in [0.25, 0.3) is 11.8 Å². The number of fused-ring (bicyclic) bond motifs is 6. The van der Waals surface area contributed by atoms with Crippen molar-refractivity contribution in [3.63, 3.8) is 0 Å². The highest BCUT2D eigenvalue weighted by molar-refractivity contribution is 5.97. The standard InChI is InChI=1S/C51H63N7O7/c1-10-13-43(60)57-21-18-34(28-57)48(62)56(9)45(31(4)5)47(61)53-41-24-32-22-35(25-36(59)23-32)33-16-17-42-38(26-33)39(46(55(42)8)37-14-11-19-52-44(37)30(2)3)27-51(6,7)29-65-50(64)40-15-12-20-58(54-40)49(41)63/h11,14,16-17,19,22-23,25-26,30-31,34,40-41,45,54,59H,12,15,18,20-21,24,27-29H2,1-9H3,(H,53,61)/t34-,40-,41-,45-/m0/s1. The second-order valence-electron chi connectivity index (χ2n) is 19.4. The monoisotopic (exact) mass is 885 g/mol. The van der Waals surface area contributed by atoms with E-state index < -0.39 is 47.2 Å². The zero-order valence-corrected chi connectivity index (χ0v) is 39.2. The number of benzene rings is 2. The Bertz CT molecular complexity index is 2570. The number of hydrogen-bond acceptors (Lipinski definition) is 9. The zero-order chi connectivity index (χ0) is 46.9. The number of likely N-dealkylation sites (N-methyl/N-ethyl adjacent to an activating group) is 1. The van der Waals surface area contributed by atoms with Gasteiger partial charge in [0.1, 0.15) is 23.9 Å². The van der Waals surface area contributed by atoms with Crippen LogP contribution in [0.15, 0.2) is 54.7 Å². The third-order valence-electron chi connectivity index (χ3n) is 13.0. The summed E-state index contributed by atoms with van der Waals surface area (Å²) in [7, 11) is 3.64. The number of likely N-dealkylation sites (tertiary alicyclic amines) is 1. The summed E-state index contributed by atoms with van der Waals surface area (Å²) in [5.74, 6) is 2.37. The highest BCUT2D eigenvalue weighted by Gasteiger charge is 2.40. The normalized spacial score (nSPS) is 20.5. The van der Waals surface area contributed by atoms with Crippen LogP contribution in [0.2, 0.25) is 0 Å². The van der Waals surface area contributed by atoms with Crippen LogP contribution in [0.3, 0.4) is 0 Å². The van der Waals surface area contributed by atoms with Crippen LogP contribution in [0, 0.1) is 29.1 Å². The molecule has 0 saturated carbocycles. The van der Waals surface area contributed by atoms with Gasteiger partial charge in [-0.2, -0.15) is 0 Å². The molecule has 344 valence electrons. The molecule has 0 aliphatic carbocycles. The number of phenolic OH excluding ortho intramolecular Hbond substituents is 1. The lowest BCUT2D eigenvalue weighted by atomic mass is 9.83. The fourth-order valence-electron chi connectivity index (χ4n) is 9.83. The summed E-state index contributed by atoms with van der Waals surface area (Å²) in [6.07, 6.45) is 3.79. The molecule has 0 unspecified atom stereocenters. The molecule has 4 aromatic rings. The molecule has 2 fully saturated rings. The van der Waals surface area contributed by atoms with E-state index in [0.717, 1.165) is 44.5 Å². The van der Waals surface area contributed by atoms with E-state index in [0.29, 0.717) is 37.8 Å². The second-order valence-corrected chi connectivity index (χ2v) is 19.4. The Balaban J connectivity index is 1.28. The van der Waals surface area contributed by atoms with Crippen molar-refractivity contribution in [2.75, 3.05) is 33.3 Å². The van der Waals surface area contributed by atoms with E-state index in [1.165, 1.54) is 9.91 Å². The molecule has 5 heterocycles. The van der Waals surface area contributed by atoms with E-state index in [4.69, 9.17) is 9.72 Å². The first-order valence-corrected chi connectivity index (χ1v) is 22.8. The van der Waals surface area contributed by atoms with Gasteiger partial charge in [-0.3, -0.25) is 34.0 Å². The van der Waals surface area contributed by atoms with Crippen LogP contribution in [0.4, 0.5) is 0 Å². The first kappa shape index (κ1) is 46.8. The van der Waals surface area contributed by atoms with Crippen LogP contribution in [0.5, 0.6) is 5.75 Å². The Labute approximate surface area is 382 Å².